The Kier molecular flexibility index (Phi) is 3.91. The van der Waals surface area contributed by atoms with E-state index in [4.69, 9.17) is 0 Å². The van der Waals surface area contributed by atoms with Crippen LogP contribution in [0.2, 0.25) is 0 Å². The van der Waals surface area contributed by atoms with Crippen molar-refractivity contribution >= 4 is 15.9 Å². The molecule has 3 fully saturated rings. The largest absolute Gasteiger partial charge is 0.343 e. The summed E-state index contributed by atoms with van der Waals surface area (Å²) in [4.78, 5) is 13.5. The normalized spacial score (nSPS) is 26.4. The third kappa shape index (κ3) is 2.77. The molecule has 1 aromatic heterocycles. The molecule has 1 spiro atoms. The Morgan fingerprint density at radius 3 is 2.40 bits per heavy atom. The van der Waals surface area contributed by atoms with Crippen LogP contribution in [0.5, 0.6) is 0 Å². The van der Waals surface area contributed by atoms with Gasteiger partial charge in [-0.15, -0.1) is 5.10 Å². The number of hydrogen-bond acceptors (Lipinski definition) is 5. The van der Waals surface area contributed by atoms with Gasteiger partial charge in [-0.1, -0.05) is 5.21 Å². The summed E-state index contributed by atoms with van der Waals surface area (Å²) >= 11 is 0. The Hall–Kier alpha value is -1.48. The van der Waals surface area contributed by atoms with Gasteiger partial charge >= 0.3 is 0 Å². The summed E-state index contributed by atoms with van der Waals surface area (Å²) in [5.74, 6) is -0.148. The standard InChI is InChI=1S/C16H25N5O3S/c1-19(2)15(22)13-11-21(18-17-13)14-5-6-16(14)7-9-20(10-8-16)25(23,24)12-3-4-12/h11-12,14H,3-10H2,1-2H3. The van der Waals surface area contributed by atoms with Crippen LogP contribution in [0, 0.1) is 5.41 Å². The Morgan fingerprint density at radius 2 is 1.88 bits per heavy atom. The fraction of sp³-hybridized carbons (Fsp3) is 0.812. The third-order valence-electron chi connectivity index (χ3n) is 6.10. The molecule has 2 heterocycles. The molecule has 0 radical (unpaired) electrons. The number of rotatable bonds is 4. The molecule has 138 valence electrons. The highest BCUT2D eigenvalue weighted by molar-refractivity contribution is 7.90. The molecule has 2 saturated carbocycles. The predicted molar refractivity (Wildman–Crippen MR) is 91.5 cm³/mol. The summed E-state index contributed by atoms with van der Waals surface area (Å²) in [6, 6.07) is 0.217. The lowest BCUT2D eigenvalue weighted by Crippen LogP contribution is -2.51. The zero-order valence-corrected chi connectivity index (χ0v) is 15.6. The monoisotopic (exact) mass is 367 g/mol. The molecule has 4 rings (SSSR count). The number of carbonyl (C=O) groups is 1. The first-order valence-corrected chi connectivity index (χ1v) is 10.5. The summed E-state index contributed by atoms with van der Waals surface area (Å²) < 4.78 is 28.3. The van der Waals surface area contributed by atoms with Crippen molar-refractivity contribution < 1.29 is 13.2 Å². The van der Waals surface area contributed by atoms with Crippen LogP contribution in [0.4, 0.5) is 0 Å². The fourth-order valence-corrected chi connectivity index (χ4v) is 6.04. The molecular weight excluding hydrogens is 342 g/mol. The molecule has 1 saturated heterocycles. The van der Waals surface area contributed by atoms with Gasteiger partial charge in [-0.2, -0.15) is 0 Å². The Labute approximate surface area is 148 Å². The molecule has 0 bridgehead atoms. The van der Waals surface area contributed by atoms with E-state index in [2.05, 4.69) is 10.3 Å². The second-order valence-electron chi connectivity index (χ2n) is 7.84. The molecule has 0 N–H and O–H groups in total. The van der Waals surface area contributed by atoms with Crippen LogP contribution in [0.3, 0.4) is 0 Å². The van der Waals surface area contributed by atoms with Gasteiger partial charge in [0.25, 0.3) is 5.91 Å². The second kappa shape index (κ2) is 5.77. The number of aromatic nitrogens is 3. The molecule has 3 aliphatic rings. The van der Waals surface area contributed by atoms with Crippen molar-refractivity contribution in [1.82, 2.24) is 24.2 Å². The second-order valence-corrected chi connectivity index (χ2v) is 10.1. The average Bonchev–Trinajstić information content (AvgIpc) is 3.34. The van der Waals surface area contributed by atoms with E-state index >= 15 is 0 Å². The SMILES string of the molecule is CN(C)C(=O)c1cn(C2CCC23CCN(S(=O)(=O)C2CC2)CC3)nn1. The van der Waals surface area contributed by atoms with Gasteiger partial charge in [-0.3, -0.25) is 4.79 Å². The molecule has 25 heavy (non-hydrogen) atoms. The lowest BCUT2D eigenvalue weighted by Gasteiger charge is -2.53. The minimum atomic E-state index is -3.07. The fourth-order valence-electron chi connectivity index (χ4n) is 4.20. The molecule has 1 atom stereocenters. The topological polar surface area (TPSA) is 88.4 Å². The minimum absolute atomic E-state index is 0.0989. The highest BCUT2D eigenvalue weighted by atomic mass is 32.2. The number of carbonyl (C=O) groups excluding carboxylic acids is 1. The quantitative estimate of drug-likeness (QED) is 0.788. The van der Waals surface area contributed by atoms with Crippen LogP contribution in [-0.4, -0.2) is 71.0 Å². The first kappa shape index (κ1) is 17.0. The van der Waals surface area contributed by atoms with Gasteiger partial charge < -0.3 is 4.90 Å². The molecule has 2 aliphatic carbocycles. The van der Waals surface area contributed by atoms with Gasteiger partial charge in [0.2, 0.25) is 10.0 Å². The average molecular weight is 367 g/mol. The van der Waals surface area contributed by atoms with Crippen molar-refractivity contribution in [3.8, 4) is 0 Å². The Bertz CT molecular complexity index is 775. The molecule has 9 heteroatoms. The van der Waals surface area contributed by atoms with E-state index in [1.807, 2.05) is 4.68 Å². The molecule has 1 aliphatic heterocycles. The zero-order chi connectivity index (χ0) is 17.8. The molecule has 1 unspecified atom stereocenters. The van der Waals surface area contributed by atoms with E-state index in [9.17, 15) is 13.2 Å². The van der Waals surface area contributed by atoms with E-state index < -0.39 is 10.0 Å². The van der Waals surface area contributed by atoms with Gasteiger partial charge in [0.1, 0.15) is 0 Å². The first-order valence-electron chi connectivity index (χ1n) is 8.96. The lowest BCUT2D eigenvalue weighted by atomic mass is 9.59. The third-order valence-corrected chi connectivity index (χ3v) is 8.50. The van der Waals surface area contributed by atoms with Crippen LogP contribution in [0.1, 0.15) is 55.1 Å². The maximum Gasteiger partial charge on any atom is 0.275 e. The van der Waals surface area contributed by atoms with Crippen LogP contribution < -0.4 is 0 Å². The highest BCUT2D eigenvalue weighted by Crippen LogP contribution is 2.56. The zero-order valence-electron chi connectivity index (χ0n) is 14.8. The molecule has 1 amide bonds. The van der Waals surface area contributed by atoms with Gasteiger partial charge in [0, 0.05) is 27.2 Å². The minimum Gasteiger partial charge on any atom is -0.343 e. The Morgan fingerprint density at radius 1 is 1.20 bits per heavy atom. The predicted octanol–water partition coefficient (Wildman–Crippen LogP) is 0.889. The maximum absolute atomic E-state index is 12.4. The lowest BCUT2D eigenvalue weighted by molar-refractivity contribution is -0.0160. The van der Waals surface area contributed by atoms with Crippen LogP contribution >= 0.6 is 0 Å². The summed E-state index contributed by atoms with van der Waals surface area (Å²) in [7, 11) is 0.320. The van der Waals surface area contributed by atoms with Gasteiger partial charge in [0.05, 0.1) is 17.5 Å². The number of hydrogen-bond donors (Lipinski definition) is 0. The maximum atomic E-state index is 12.4. The first-order chi connectivity index (χ1) is 11.8. The summed E-state index contributed by atoms with van der Waals surface area (Å²) in [6.45, 7) is 1.21. The summed E-state index contributed by atoms with van der Waals surface area (Å²) in [5, 5.41) is 8.07. The van der Waals surface area contributed by atoms with Crippen LogP contribution in [-0.2, 0) is 10.0 Å². The molecular formula is C16H25N5O3S. The number of piperidine rings is 1. The van der Waals surface area contributed by atoms with Gasteiger partial charge in [0.15, 0.2) is 5.69 Å². The number of amides is 1. The van der Waals surface area contributed by atoms with Crippen LogP contribution in [0.25, 0.3) is 0 Å². The van der Waals surface area contributed by atoms with Crippen molar-refractivity contribution in [2.75, 3.05) is 27.2 Å². The van der Waals surface area contributed by atoms with Gasteiger partial charge in [-0.05, 0) is 43.9 Å². The molecule has 0 aromatic carbocycles. The highest BCUT2D eigenvalue weighted by Gasteiger charge is 2.52. The van der Waals surface area contributed by atoms with Crippen LogP contribution in [0.15, 0.2) is 6.20 Å². The molecule has 8 nitrogen and oxygen atoms in total. The number of sulfonamides is 1. The van der Waals surface area contributed by atoms with Crippen molar-refractivity contribution in [1.29, 1.82) is 0 Å². The smallest absolute Gasteiger partial charge is 0.275 e. The number of nitrogens with zero attached hydrogens (tertiary/aromatic N) is 5. The van der Waals surface area contributed by atoms with E-state index in [1.54, 1.807) is 24.6 Å². The van der Waals surface area contributed by atoms with Crippen molar-refractivity contribution in [3.63, 3.8) is 0 Å². The van der Waals surface area contributed by atoms with Crippen molar-refractivity contribution in [2.24, 2.45) is 5.41 Å². The van der Waals surface area contributed by atoms with E-state index in [0.29, 0.717) is 18.8 Å². The summed E-state index contributed by atoms with van der Waals surface area (Å²) in [5.41, 5.74) is 0.461. The molecule has 1 aromatic rings. The van der Waals surface area contributed by atoms with Crippen molar-refractivity contribution in [2.45, 2.75) is 49.8 Å². The van der Waals surface area contributed by atoms with E-state index in [0.717, 1.165) is 38.5 Å². The van der Waals surface area contributed by atoms with Gasteiger partial charge in [-0.25, -0.2) is 17.4 Å². The summed E-state index contributed by atoms with van der Waals surface area (Å²) in [6.07, 6.45) is 7.19. The van der Waals surface area contributed by atoms with E-state index in [1.165, 1.54) is 4.90 Å². The van der Waals surface area contributed by atoms with Crippen molar-refractivity contribution in [3.05, 3.63) is 11.9 Å². The van der Waals surface area contributed by atoms with E-state index in [-0.39, 0.29) is 22.6 Å². The Balaban J connectivity index is 1.45.